The van der Waals surface area contributed by atoms with Gasteiger partial charge in [0.15, 0.2) is 0 Å². The molecule has 86 valence electrons. The van der Waals surface area contributed by atoms with Crippen molar-refractivity contribution < 1.29 is 19.4 Å². The minimum absolute atomic E-state index is 0.376. The van der Waals surface area contributed by atoms with Crippen molar-refractivity contribution in [3.05, 3.63) is 0 Å². The zero-order chi connectivity index (χ0) is 11.3. The standard InChI is InChI=1S/C10H17NO4/c1-2-5-11(8-12)10(9(13)14)3-6-15-7-4-10/h8H,2-7H2,1H3,(H,13,14). The molecule has 1 aliphatic rings. The Bertz CT molecular complexity index is 236. The Labute approximate surface area is 89.0 Å². The third kappa shape index (κ3) is 2.28. The molecular weight excluding hydrogens is 198 g/mol. The van der Waals surface area contributed by atoms with Crippen molar-refractivity contribution >= 4 is 12.4 Å². The lowest BCUT2D eigenvalue weighted by Gasteiger charge is -2.40. The minimum atomic E-state index is -1.05. The van der Waals surface area contributed by atoms with Crippen molar-refractivity contribution in [1.29, 1.82) is 0 Å². The lowest BCUT2D eigenvalue weighted by atomic mass is 9.88. The zero-order valence-electron chi connectivity index (χ0n) is 8.94. The molecule has 1 rings (SSSR count). The Morgan fingerprint density at radius 3 is 2.53 bits per heavy atom. The number of ether oxygens (including phenoxy) is 1. The molecule has 0 saturated carbocycles. The van der Waals surface area contributed by atoms with Gasteiger partial charge in [-0.1, -0.05) is 6.92 Å². The number of carboxylic acids is 1. The summed E-state index contributed by atoms with van der Waals surface area (Å²) < 4.78 is 5.14. The number of hydrogen-bond acceptors (Lipinski definition) is 3. The predicted octanol–water partition coefficient (Wildman–Crippen LogP) is 0.489. The average molecular weight is 215 g/mol. The molecule has 0 radical (unpaired) electrons. The molecule has 1 heterocycles. The van der Waals surface area contributed by atoms with E-state index in [1.807, 2.05) is 6.92 Å². The summed E-state index contributed by atoms with van der Waals surface area (Å²) in [6.07, 6.45) is 2.15. The van der Waals surface area contributed by atoms with Crippen molar-refractivity contribution in [2.24, 2.45) is 0 Å². The van der Waals surface area contributed by atoms with Crippen LogP contribution in [-0.4, -0.2) is 47.7 Å². The fourth-order valence-corrected chi connectivity index (χ4v) is 1.94. The van der Waals surface area contributed by atoms with Gasteiger partial charge in [-0.2, -0.15) is 0 Å². The second-order valence-corrected chi connectivity index (χ2v) is 3.75. The smallest absolute Gasteiger partial charge is 0.329 e. The van der Waals surface area contributed by atoms with E-state index in [2.05, 4.69) is 0 Å². The quantitative estimate of drug-likeness (QED) is 0.678. The Morgan fingerprint density at radius 2 is 2.13 bits per heavy atom. The number of carboxylic acid groups (broad SMARTS) is 1. The van der Waals surface area contributed by atoms with E-state index in [0.29, 0.717) is 39.0 Å². The number of carbonyl (C=O) groups is 2. The van der Waals surface area contributed by atoms with Gasteiger partial charge in [-0.15, -0.1) is 0 Å². The lowest BCUT2D eigenvalue weighted by molar-refractivity contribution is -0.162. The molecule has 0 spiro atoms. The topological polar surface area (TPSA) is 66.8 Å². The number of amides is 1. The minimum Gasteiger partial charge on any atom is -0.479 e. The van der Waals surface area contributed by atoms with Gasteiger partial charge in [-0.3, -0.25) is 4.79 Å². The first-order valence-electron chi connectivity index (χ1n) is 5.20. The number of aliphatic carboxylic acids is 1. The molecule has 1 amide bonds. The van der Waals surface area contributed by atoms with Crippen molar-refractivity contribution in [3.63, 3.8) is 0 Å². The van der Waals surface area contributed by atoms with Crippen LogP contribution in [0.25, 0.3) is 0 Å². The van der Waals surface area contributed by atoms with E-state index in [9.17, 15) is 14.7 Å². The molecule has 0 unspecified atom stereocenters. The SMILES string of the molecule is CCCN(C=O)C1(C(=O)O)CCOCC1. The summed E-state index contributed by atoms with van der Waals surface area (Å²) in [6.45, 7) is 3.21. The van der Waals surface area contributed by atoms with E-state index in [4.69, 9.17) is 4.74 Å². The summed E-state index contributed by atoms with van der Waals surface area (Å²) in [7, 11) is 0. The van der Waals surface area contributed by atoms with Crippen LogP contribution in [0.5, 0.6) is 0 Å². The van der Waals surface area contributed by atoms with E-state index >= 15 is 0 Å². The summed E-state index contributed by atoms with van der Waals surface area (Å²) in [5.74, 6) is -0.925. The molecule has 5 nitrogen and oxygen atoms in total. The molecule has 15 heavy (non-hydrogen) atoms. The van der Waals surface area contributed by atoms with Gasteiger partial charge in [0.2, 0.25) is 6.41 Å². The molecule has 1 fully saturated rings. The molecule has 0 aliphatic carbocycles. The summed E-state index contributed by atoms with van der Waals surface area (Å²) >= 11 is 0. The van der Waals surface area contributed by atoms with Crippen LogP contribution in [0.1, 0.15) is 26.2 Å². The molecule has 5 heteroatoms. The second-order valence-electron chi connectivity index (χ2n) is 3.75. The molecule has 0 bridgehead atoms. The lowest BCUT2D eigenvalue weighted by Crippen LogP contribution is -2.57. The Hall–Kier alpha value is -1.10. The molecule has 1 aliphatic heterocycles. The maximum Gasteiger partial charge on any atom is 0.329 e. The number of hydrogen-bond donors (Lipinski definition) is 1. The highest BCUT2D eigenvalue weighted by Crippen LogP contribution is 2.27. The highest BCUT2D eigenvalue weighted by atomic mass is 16.5. The van der Waals surface area contributed by atoms with Gasteiger partial charge in [-0.05, 0) is 6.42 Å². The maximum absolute atomic E-state index is 11.3. The van der Waals surface area contributed by atoms with Gasteiger partial charge in [0.1, 0.15) is 5.54 Å². The third-order valence-corrected chi connectivity index (χ3v) is 2.86. The zero-order valence-corrected chi connectivity index (χ0v) is 8.94. The van der Waals surface area contributed by atoms with E-state index in [1.165, 1.54) is 4.90 Å². The highest BCUT2D eigenvalue weighted by molar-refractivity contribution is 5.81. The van der Waals surface area contributed by atoms with Crippen molar-refractivity contribution in [1.82, 2.24) is 4.90 Å². The van der Waals surface area contributed by atoms with Crippen molar-refractivity contribution in [3.8, 4) is 0 Å². The Kier molecular flexibility index (Phi) is 4.08. The Morgan fingerprint density at radius 1 is 1.53 bits per heavy atom. The monoisotopic (exact) mass is 215 g/mol. The van der Waals surface area contributed by atoms with E-state index < -0.39 is 11.5 Å². The first-order chi connectivity index (χ1) is 7.17. The second kappa shape index (κ2) is 5.11. The van der Waals surface area contributed by atoms with Crippen LogP contribution in [0, 0.1) is 0 Å². The van der Waals surface area contributed by atoms with Crippen LogP contribution in [0.4, 0.5) is 0 Å². The number of carbonyl (C=O) groups excluding carboxylic acids is 1. The summed E-state index contributed by atoms with van der Waals surface area (Å²) in [5, 5.41) is 9.26. The fourth-order valence-electron chi connectivity index (χ4n) is 1.94. The van der Waals surface area contributed by atoms with Gasteiger partial charge in [0.25, 0.3) is 0 Å². The summed E-state index contributed by atoms with van der Waals surface area (Å²) in [6, 6.07) is 0. The molecular formula is C10H17NO4. The van der Waals surface area contributed by atoms with Gasteiger partial charge in [-0.25, -0.2) is 4.79 Å². The fraction of sp³-hybridized carbons (Fsp3) is 0.800. The van der Waals surface area contributed by atoms with E-state index in [1.54, 1.807) is 0 Å². The van der Waals surface area contributed by atoms with Gasteiger partial charge in [0.05, 0.1) is 0 Å². The van der Waals surface area contributed by atoms with Gasteiger partial charge < -0.3 is 14.7 Å². The molecule has 0 atom stereocenters. The van der Waals surface area contributed by atoms with Gasteiger partial charge >= 0.3 is 5.97 Å². The summed E-state index contributed by atoms with van der Waals surface area (Å²) in [5.41, 5.74) is -1.05. The van der Waals surface area contributed by atoms with Crippen LogP contribution >= 0.6 is 0 Å². The average Bonchev–Trinajstić information content (AvgIpc) is 2.26. The molecule has 1 N–H and O–H groups in total. The van der Waals surface area contributed by atoms with Crippen molar-refractivity contribution in [2.45, 2.75) is 31.7 Å². The number of nitrogens with zero attached hydrogens (tertiary/aromatic N) is 1. The van der Waals surface area contributed by atoms with Crippen LogP contribution < -0.4 is 0 Å². The predicted molar refractivity (Wildman–Crippen MR) is 53.5 cm³/mol. The van der Waals surface area contributed by atoms with Crippen LogP contribution in [0.2, 0.25) is 0 Å². The van der Waals surface area contributed by atoms with Crippen LogP contribution in [0.3, 0.4) is 0 Å². The molecule has 0 aromatic carbocycles. The summed E-state index contributed by atoms with van der Waals surface area (Å²) in [4.78, 5) is 23.6. The molecule has 0 aromatic heterocycles. The first kappa shape index (κ1) is 12.0. The van der Waals surface area contributed by atoms with Gasteiger partial charge in [0, 0.05) is 32.6 Å². The number of rotatable bonds is 5. The largest absolute Gasteiger partial charge is 0.479 e. The third-order valence-electron chi connectivity index (χ3n) is 2.86. The van der Waals surface area contributed by atoms with E-state index in [-0.39, 0.29) is 0 Å². The van der Waals surface area contributed by atoms with Crippen LogP contribution in [0.15, 0.2) is 0 Å². The molecule has 1 saturated heterocycles. The van der Waals surface area contributed by atoms with Crippen molar-refractivity contribution in [2.75, 3.05) is 19.8 Å². The van der Waals surface area contributed by atoms with E-state index in [0.717, 1.165) is 6.42 Å². The first-order valence-corrected chi connectivity index (χ1v) is 5.20. The highest BCUT2D eigenvalue weighted by Gasteiger charge is 2.44. The van der Waals surface area contributed by atoms with Crippen LogP contribution in [-0.2, 0) is 14.3 Å². The normalized spacial score (nSPS) is 19.5. The Balaban J connectivity index is 2.86. The maximum atomic E-state index is 11.3. The molecule has 0 aromatic rings.